The summed E-state index contributed by atoms with van der Waals surface area (Å²) in [6, 6.07) is 6.80. The van der Waals surface area contributed by atoms with Gasteiger partial charge in [0.15, 0.2) is 5.82 Å². The first-order valence-corrected chi connectivity index (χ1v) is 14.2. The molecule has 0 N–H and O–H groups in total. The molecule has 4 rings (SSSR count). The van der Waals surface area contributed by atoms with Crippen molar-refractivity contribution in [3.05, 3.63) is 77.9 Å². The molecular weight excluding hydrogens is 552 g/mol. The van der Waals surface area contributed by atoms with E-state index in [9.17, 15) is 14.0 Å². The van der Waals surface area contributed by atoms with Gasteiger partial charge in [0.25, 0.3) is 0 Å². The van der Waals surface area contributed by atoms with Crippen molar-refractivity contribution in [3.8, 4) is 11.3 Å². The fourth-order valence-electron chi connectivity index (χ4n) is 5.38. The average molecular weight is 590 g/mol. The molecule has 0 spiro atoms. The van der Waals surface area contributed by atoms with Crippen molar-refractivity contribution >= 4 is 29.7 Å². The number of carbonyl (C=O) groups is 2. The predicted molar refractivity (Wildman–Crippen MR) is 163 cm³/mol. The van der Waals surface area contributed by atoms with Gasteiger partial charge in [-0.05, 0) is 43.0 Å². The second kappa shape index (κ2) is 13.2. The number of aromatic nitrogens is 3. The molecule has 1 aromatic carbocycles. The van der Waals surface area contributed by atoms with Gasteiger partial charge in [0.2, 0.25) is 12.3 Å². The van der Waals surface area contributed by atoms with Crippen LogP contribution in [0, 0.1) is 11.6 Å². The summed E-state index contributed by atoms with van der Waals surface area (Å²) in [5.74, 6) is -1.36. The third-order valence-electron chi connectivity index (χ3n) is 7.47. The minimum absolute atomic E-state index is 0.0453. The zero-order valence-corrected chi connectivity index (χ0v) is 25.4. The summed E-state index contributed by atoms with van der Waals surface area (Å²) in [6.45, 7) is 14.5. The molecule has 3 heterocycles. The van der Waals surface area contributed by atoms with Crippen molar-refractivity contribution < 1.29 is 18.4 Å². The predicted octanol–water partition coefficient (Wildman–Crippen LogP) is 5.45. The van der Waals surface area contributed by atoms with Gasteiger partial charge in [0, 0.05) is 38.3 Å². The lowest BCUT2D eigenvalue weighted by atomic mass is 10.00. The van der Waals surface area contributed by atoms with Crippen molar-refractivity contribution in [2.24, 2.45) is 4.99 Å². The lowest BCUT2D eigenvalue weighted by molar-refractivity contribution is -0.128. The van der Waals surface area contributed by atoms with Crippen LogP contribution >= 0.6 is 0 Å². The highest BCUT2D eigenvalue weighted by atomic mass is 19.1. The maximum atomic E-state index is 16.0. The topological polar surface area (TPSA) is 94.9 Å². The Kier molecular flexibility index (Phi) is 9.63. The number of hydrogen-bond donors (Lipinski definition) is 0. The number of carbonyl (C=O) groups excluding carboxylic acids is 2. The molecule has 0 saturated carbocycles. The van der Waals surface area contributed by atoms with E-state index in [1.807, 2.05) is 39.5 Å². The van der Waals surface area contributed by atoms with E-state index in [0.717, 1.165) is 0 Å². The van der Waals surface area contributed by atoms with Crippen LogP contribution in [0.15, 0.2) is 54.3 Å². The summed E-state index contributed by atoms with van der Waals surface area (Å²) >= 11 is 0. The maximum Gasteiger partial charge on any atom is 0.246 e. The van der Waals surface area contributed by atoms with Crippen LogP contribution < -0.4 is 4.90 Å². The van der Waals surface area contributed by atoms with Gasteiger partial charge in [0.05, 0.1) is 22.6 Å². The zero-order chi connectivity index (χ0) is 31.4. The fourth-order valence-corrected chi connectivity index (χ4v) is 5.38. The van der Waals surface area contributed by atoms with Crippen LogP contribution in [0.25, 0.3) is 11.3 Å². The summed E-state index contributed by atoms with van der Waals surface area (Å²) in [5.41, 5.74) is 1.59. The van der Waals surface area contributed by atoms with E-state index in [4.69, 9.17) is 0 Å². The van der Waals surface area contributed by atoms with Gasteiger partial charge in [-0.3, -0.25) is 19.5 Å². The molecule has 2 amide bonds. The Bertz CT molecular complexity index is 1530. The molecule has 0 radical (unpaired) electrons. The van der Waals surface area contributed by atoms with E-state index in [2.05, 4.69) is 26.5 Å². The number of rotatable bonds is 8. The van der Waals surface area contributed by atoms with Crippen LogP contribution in [0.5, 0.6) is 0 Å². The molecule has 11 heteroatoms. The molecule has 1 aliphatic heterocycles. The number of piperazine rings is 1. The second-order valence-electron chi connectivity index (χ2n) is 11.0. The van der Waals surface area contributed by atoms with Crippen molar-refractivity contribution in [1.82, 2.24) is 24.8 Å². The quantitative estimate of drug-likeness (QED) is 0.150. The van der Waals surface area contributed by atoms with Crippen LogP contribution in [0.3, 0.4) is 0 Å². The minimum atomic E-state index is -0.776. The molecule has 1 atom stereocenters. The van der Waals surface area contributed by atoms with Crippen LogP contribution in [0.4, 0.5) is 20.3 Å². The Balaban J connectivity index is 1.99. The molecule has 2 aromatic heterocycles. The number of hydrogen-bond acceptors (Lipinski definition) is 6. The highest BCUT2D eigenvalue weighted by Crippen LogP contribution is 2.39. The van der Waals surface area contributed by atoms with Crippen LogP contribution in [0.2, 0.25) is 0 Å². The SMILES string of the molecule is C=CC(=O)N1CCN(C(=NC)c2cc(F)c(-c3ccccc3F)nc2N(C=O)c2c(C(C)C)ncnc2C(C)C)C(C)C1. The number of aliphatic imine (C=N–C) groups is 1. The summed E-state index contributed by atoms with van der Waals surface area (Å²) in [6.07, 6.45) is 3.34. The zero-order valence-electron chi connectivity index (χ0n) is 25.4. The average Bonchev–Trinajstić information content (AvgIpc) is 2.99. The number of pyridine rings is 1. The Labute approximate surface area is 251 Å². The summed E-state index contributed by atoms with van der Waals surface area (Å²) in [4.78, 5) is 48.5. The number of nitrogens with zero attached hydrogens (tertiary/aromatic N) is 7. The van der Waals surface area contributed by atoms with Gasteiger partial charge in [-0.2, -0.15) is 0 Å². The number of halogens is 2. The first-order chi connectivity index (χ1) is 20.5. The molecule has 1 unspecified atom stereocenters. The number of amidine groups is 1. The van der Waals surface area contributed by atoms with Crippen molar-refractivity contribution in [2.75, 3.05) is 31.6 Å². The van der Waals surface area contributed by atoms with Crippen molar-refractivity contribution in [3.63, 3.8) is 0 Å². The largest absolute Gasteiger partial charge is 0.350 e. The van der Waals surface area contributed by atoms with E-state index in [1.54, 1.807) is 18.0 Å². The van der Waals surface area contributed by atoms with Crippen LogP contribution in [-0.2, 0) is 9.59 Å². The van der Waals surface area contributed by atoms with Crippen molar-refractivity contribution in [2.45, 2.75) is 52.5 Å². The Morgan fingerprint density at radius 2 is 1.74 bits per heavy atom. The molecule has 0 aliphatic carbocycles. The molecule has 9 nitrogen and oxygen atoms in total. The lowest BCUT2D eigenvalue weighted by Crippen LogP contribution is -2.55. The molecule has 1 fully saturated rings. The smallest absolute Gasteiger partial charge is 0.246 e. The van der Waals surface area contributed by atoms with Gasteiger partial charge < -0.3 is 9.80 Å². The third kappa shape index (κ3) is 6.16. The molecule has 0 bridgehead atoms. The number of anilines is 2. The van der Waals surface area contributed by atoms with Crippen LogP contribution in [0.1, 0.15) is 63.4 Å². The number of amides is 2. The normalized spacial score (nSPS) is 15.7. The van der Waals surface area contributed by atoms with E-state index >= 15 is 4.39 Å². The lowest BCUT2D eigenvalue weighted by Gasteiger charge is -2.41. The number of benzene rings is 1. The van der Waals surface area contributed by atoms with Gasteiger partial charge in [-0.25, -0.2) is 23.7 Å². The van der Waals surface area contributed by atoms with Crippen molar-refractivity contribution in [1.29, 1.82) is 0 Å². The Morgan fingerprint density at radius 3 is 2.28 bits per heavy atom. The van der Waals surface area contributed by atoms with E-state index in [0.29, 0.717) is 49.0 Å². The second-order valence-corrected chi connectivity index (χ2v) is 11.0. The maximum absolute atomic E-state index is 16.0. The van der Waals surface area contributed by atoms with Crippen LogP contribution in [-0.4, -0.2) is 75.6 Å². The van der Waals surface area contributed by atoms with Gasteiger partial charge in [-0.1, -0.05) is 46.4 Å². The standard InChI is InChI=1S/C32H37F2N7O2/c1-8-26(43)39-13-14-40(21(6)16-39)31(35-7)23-15-25(34)29(22-11-9-10-12-24(22)33)38-32(23)41(18-42)30-27(19(2)3)36-17-37-28(30)20(4)5/h8-12,15,17-21H,1,13-14,16H2,2-7H3. The highest BCUT2D eigenvalue weighted by molar-refractivity contribution is 6.06. The summed E-state index contributed by atoms with van der Waals surface area (Å²) in [5, 5.41) is 0. The highest BCUT2D eigenvalue weighted by Gasteiger charge is 2.33. The van der Waals surface area contributed by atoms with Gasteiger partial charge in [-0.15, -0.1) is 0 Å². The molecule has 43 heavy (non-hydrogen) atoms. The third-order valence-corrected chi connectivity index (χ3v) is 7.47. The van der Waals surface area contributed by atoms with E-state index in [-0.39, 0.29) is 46.4 Å². The summed E-state index contributed by atoms with van der Waals surface area (Å²) < 4.78 is 30.9. The molecule has 1 saturated heterocycles. The first-order valence-electron chi connectivity index (χ1n) is 14.2. The molecule has 3 aromatic rings. The molecule has 1 aliphatic rings. The van der Waals surface area contributed by atoms with Gasteiger partial charge in [0.1, 0.15) is 29.5 Å². The molecular formula is C32H37F2N7O2. The monoisotopic (exact) mass is 589 g/mol. The molecule has 226 valence electrons. The minimum Gasteiger partial charge on any atom is -0.350 e. The Morgan fingerprint density at radius 1 is 1.09 bits per heavy atom. The van der Waals surface area contributed by atoms with E-state index < -0.39 is 11.6 Å². The first kappa shape index (κ1) is 31.4. The Hall–Kier alpha value is -4.54. The van der Waals surface area contributed by atoms with E-state index in [1.165, 1.54) is 41.6 Å². The van der Waals surface area contributed by atoms with Gasteiger partial charge >= 0.3 is 0 Å². The summed E-state index contributed by atoms with van der Waals surface area (Å²) in [7, 11) is 1.58. The fraction of sp³-hybridized carbons (Fsp3) is 0.375.